The van der Waals surface area contributed by atoms with Crippen LogP contribution in [0.1, 0.15) is 40.9 Å². The van der Waals surface area contributed by atoms with E-state index in [1.165, 1.54) is 12.1 Å². The molecule has 0 saturated heterocycles. The fourth-order valence-corrected chi connectivity index (χ4v) is 4.67. The summed E-state index contributed by atoms with van der Waals surface area (Å²) in [5.41, 5.74) is 8.62. The number of carbonyl (C=O) groups is 3. The van der Waals surface area contributed by atoms with E-state index in [1.54, 1.807) is 19.1 Å². The van der Waals surface area contributed by atoms with Gasteiger partial charge in [0.2, 0.25) is 5.91 Å². The van der Waals surface area contributed by atoms with Gasteiger partial charge in [-0.3, -0.25) is 4.79 Å². The lowest BCUT2D eigenvalue weighted by Gasteiger charge is -2.28. The first-order valence-corrected chi connectivity index (χ1v) is 10.7. The van der Waals surface area contributed by atoms with Crippen molar-refractivity contribution in [3.05, 3.63) is 52.2 Å². The van der Waals surface area contributed by atoms with Crippen molar-refractivity contribution in [2.45, 2.75) is 25.7 Å². The lowest BCUT2D eigenvalue weighted by atomic mass is 9.76. The van der Waals surface area contributed by atoms with Gasteiger partial charge in [-0.15, -0.1) is 0 Å². The van der Waals surface area contributed by atoms with Crippen molar-refractivity contribution in [1.82, 2.24) is 4.98 Å². The number of aliphatic carboxylic acids is 1. The van der Waals surface area contributed by atoms with Gasteiger partial charge in [-0.25, -0.2) is 9.59 Å². The number of H-pyrrole nitrogens is 1. The van der Waals surface area contributed by atoms with Crippen molar-refractivity contribution >= 4 is 51.7 Å². The second kappa shape index (κ2) is 8.67. The van der Waals surface area contributed by atoms with Gasteiger partial charge in [-0.2, -0.15) is 0 Å². The third-order valence-electron chi connectivity index (χ3n) is 5.92. The van der Waals surface area contributed by atoms with Gasteiger partial charge in [0.25, 0.3) is 0 Å². The third-order valence-corrected chi connectivity index (χ3v) is 6.14. The van der Waals surface area contributed by atoms with Gasteiger partial charge in [0, 0.05) is 33.6 Å². The Kier molecular flexibility index (Phi) is 5.90. The summed E-state index contributed by atoms with van der Waals surface area (Å²) in [4.78, 5) is 39.0. The second-order valence-electron chi connectivity index (χ2n) is 8.07. The molecule has 2 unspecified atom stereocenters. The van der Waals surface area contributed by atoms with Gasteiger partial charge < -0.3 is 31.0 Å². The predicted molar refractivity (Wildman–Crippen MR) is 123 cm³/mol. The summed E-state index contributed by atoms with van der Waals surface area (Å²) in [6.45, 7) is 1.15. The number of carbonyl (C=O) groups excluding carboxylic acids is 1. The number of hydrogen-bond acceptors (Lipinski definition) is 5. The molecule has 9 nitrogen and oxygen atoms in total. The molecule has 2 aromatic carbocycles. The van der Waals surface area contributed by atoms with Gasteiger partial charge >= 0.3 is 11.9 Å². The number of aromatic amines is 1. The quantitative estimate of drug-likeness (QED) is 0.327. The van der Waals surface area contributed by atoms with Crippen molar-refractivity contribution in [3.8, 4) is 5.75 Å². The number of ether oxygens (including phenoxy) is 1. The van der Waals surface area contributed by atoms with Crippen LogP contribution >= 0.6 is 11.6 Å². The normalized spacial score (nSPS) is 15.8. The number of aromatic carboxylic acids is 1. The van der Waals surface area contributed by atoms with E-state index in [2.05, 4.69) is 10.3 Å². The number of nitrogen functional groups attached to an aromatic ring is 1. The molecule has 2 atom stereocenters. The number of benzene rings is 2. The minimum Gasteiger partial charge on any atom is -0.480 e. The van der Waals surface area contributed by atoms with E-state index in [0.717, 1.165) is 10.9 Å². The largest absolute Gasteiger partial charge is 0.480 e. The Labute approximate surface area is 193 Å². The van der Waals surface area contributed by atoms with E-state index in [-0.39, 0.29) is 29.0 Å². The number of carboxylic acids is 2. The van der Waals surface area contributed by atoms with E-state index < -0.39 is 24.5 Å². The molecule has 0 fully saturated rings. The average molecular weight is 472 g/mol. The minimum atomic E-state index is -1.17. The van der Waals surface area contributed by atoms with Crippen LogP contribution in [0.15, 0.2) is 30.3 Å². The van der Waals surface area contributed by atoms with Crippen molar-refractivity contribution in [1.29, 1.82) is 0 Å². The Balaban J connectivity index is 1.66. The van der Waals surface area contributed by atoms with Crippen LogP contribution in [0.3, 0.4) is 0 Å². The number of anilines is 2. The Morgan fingerprint density at radius 1 is 1.27 bits per heavy atom. The minimum absolute atomic E-state index is 0.0517. The molecular weight excluding hydrogens is 450 g/mol. The lowest BCUT2D eigenvalue weighted by molar-refractivity contribution is -0.139. The topological polar surface area (TPSA) is 155 Å². The standard InChI is InChI=1S/C23H22ClN3O6/c1-10(22(30)27-15-5-3-13(25)8-17(15)33-9-18(28)29)14-4-2-11-6-12(24)7-16-19(11)20(14)21(26-16)23(31)32/h3,5-8,10,14,26H,2,4,9,25H2,1H3,(H,27,30)(H,28,29)(H,31,32). The molecule has 33 heavy (non-hydrogen) atoms. The number of aryl methyl sites for hydroxylation is 1. The number of aromatic nitrogens is 1. The average Bonchev–Trinajstić information content (AvgIpc) is 3.14. The van der Waals surface area contributed by atoms with E-state index in [0.29, 0.717) is 34.6 Å². The van der Waals surface area contributed by atoms with Crippen LogP contribution in [-0.2, 0) is 16.0 Å². The molecule has 1 heterocycles. The first kappa shape index (κ1) is 22.5. The van der Waals surface area contributed by atoms with E-state index in [4.69, 9.17) is 27.2 Å². The number of amides is 1. The van der Waals surface area contributed by atoms with Crippen molar-refractivity contribution in [2.75, 3.05) is 17.7 Å². The summed E-state index contributed by atoms with van der Waals surface area (Å²) < 4.78 is 5.26. The Morgan fingerprint density at radius 3 is 2.73 bits per heavy atom. The molecule has 6 N–H and O–H groups in total. The molecule has 0 aliphatic heterocycles. The third kappa shape index (κ3) is 4.31. The maximum absolute atomic E-state index is 13.2. The summed E-state index contributed by atoms with van der Waals surface area (Å²) in [6, 6.07) is 8.04. The van der Waals surface area contributed by atoms with Crippen molar-refractivity contribution < 1.29 is 29.3 Å². The first-order valence-electron chi connectivity index (χ1n) is 10.3. The molecule has 1 aliphatic carbocycles. The van der Waals surface area contributed by atoms with Gasteiger partial charge in [0.1, 0.15) is 11.4 Å². The molecule has 1 amide bonds. The Morgan fingerprint density at radius 2 is 2.03 bits per heavy atom. The van der Waals surface area contributed by atoms with Crippen LogP contribution in [0.2, 0.25) is 5.02 Å². The lowest BCUT2D eigenvalue weighted by Crippen LogP contribution is -2.28. The summed E-state index contributed by atoms with van der Waals surface area (Å²) in [7, 11) is 0. The highest BCUT2D eigenvalue weighted by Crippen LogP contribution is 2.44. The molecule has 0 bridgehead atoms. The van der Waals surface area contributed by atoms with E-state index in [9.17, 15) is 19.5 Å². The van der Waals surface area contributed by atoms with E-state index >= 15 is 0 Å². The van der Waals surface area contributed by atoms with Gasteiger partial charge in [-0.05, 0) is 54.2 Å². The van der Waals surface area contributed by atoms with Crippen molar-refractivity contribution in [3.63, 3.8) is 0 Å². The van der Waals surface area contributed by atoms with Crippen LogP contribution in [0, 0.1) is 5.92 Å². The molecule has 10 heteroatoms. The zero-order chi connectivity index (χ0) is 23.9. The summed E-state index contributed by atoms with van der Waals surface area (Å²) in [6.07, 6.45) is 1.22. The maximum Gasteiger partial charge on any atom is 0.352 e. The van der Waals surface area contributed by atoms with Crippen LogP contribution in [0.4, 0.5) is 11.4 Å². The Hall–Kier alpha value is -3.72. The molecule has 4 rings (SSSR count). The van der Waals surface area contributed by atoms with Crippen LogP contribution < -0.4 is 15.8 Å². The van der Waals surface area contributed by atoms with Crippen LogP contribution in [0.25, 0.3) is 10.9 Å². The number of carboxylic acid groups (broad SMARTS) is 2. The molecule has 3 aromatic rings. The zero-order valence-electron chi connectivity index (χ0n) is 17.6. The van der Waals surface area contributed by atoms with Gasteiger partial charge in [0.15, 0.2) is 6.61 Å². The molecule has 0 radical (unpaired) electrons. The number of rotatable bonds is 7. The number of nitrogens with one attached hydrogen (secondary N) is 2. The Bertz CT molecular complexity index is 1280. The summed E-state index contributed by atoms with van der Waals surface area (Å²) in [5, 5.41) is 22.8. The number of nitrogens with two attached hydrogens (primary N) is 1. The maximum atomic E-state index is 13.2. The molecule has 172 valence electrons. The molecule has 0 spiro atoms. The smallest absolute Gasteiger partial charge is 0.352 e. The zero-order valence-corrected chi connectivity index (χ0v) is 18.4. The van der Waals surface area contributed by atoms with E-state index in [1.807, 2.05) is 6.07 Å². The SMILES string of the molecule is CC(C(=O)Nc1ccc(N)cc1OCC(=O)O)C1CCc2cc(Cl)cc3[nH]c(C(=O)O)c1c23. The molecular formula is C23H22ClN3O6. The summed E-state index contributed by atoms with van der Waals surface area (Å²) >= 11 is 6.19. The van der Waals surface area contributed by atoms with Gasteiger partial charge in [-0.1, -0.05) is 18.5 Å². The fraction of sp³-hybridized carbons (Fsp3) is 0.261. The van der Waals surface area contributed by atoms with Crippen LogP contribution in [-0.4, -0.2) is 39.6 Å². The van der Waals surface area contributed by atoms with Crippen LogP contribution in [0.5, 0.6) is 5.75 Å². The van der Waals surface area contributed by atoms with Gasteiger partial charge in [0.05, 0.1) is 5.69 Å². The number of hydrogen-bond donors (Lipinski definition) is 5. The van der Waals surface area contributed by atoms with Crippen molar-refractivity contribution in [2.24, 2.45) is 5.92 Å². The first-order chi connectivity index (χ1) is 15.7. The monoisotopic (exact) mass is 471 g/mol. The number of halogens is 1. The fourth-order valence-electron chi connectivity index (χ4n) is 4.43. The highest BCUT2D eigenvalue weighted by atomic mass is 35.5. The predicted octanol–water partition coefficient (Wildman–Crippen LogP) is 3.87. The molecule has 1 aromatic heterocycles. The molecule has 0 saturated carbocycles. The highest BCUT2D eigenvalue weighted by Gasteiger charge is 2.35. The summed E-state index contributed by atoms with van der Waals surface area (Å²) in [5.74, 6) is -3.43. The second-order valence-corrected chi connectivity index (χ2v) is 8.50. The molecule has 1 aliphatic rings. The highest BCUT2D eigenvalue weighted by molar-refractivity contribution is 6.31.